The molecule has 0 fully saturated rings. The van der Waals surface area contributed by atoms with Crippen LogP contribution in [0.4, 0.5) is 5.82 Å². The van der Waals surface area contributed by atoms with Crippen LogP contribution in [0.5, 0.6) is 0 Å². The number of rotatable bonds is 3. The van der Waals surface area contributed by atoms with Crippen LogP contribution in [0.2, 0.25) is 0 Å². The first-order valence-electron chi connectivity index (χ1n) is 6.10. The van der Waals surface area contributed by atoms with Crippen molar-refractivity contribution in [3.63, 3.8) is 0 Å². The molecule has 3 nitrogen and oxygen atoms in total. The highest BCUT2D eigenvalue weighted by Gasteiger charge is 2.09. The Bertz CT molecular complexity index is 518. The predicted octanol–water partition coefficient (Wildman–Crippen LogP) is 3.57. The molecule has 2 aromatic heterocycles. The van der Waals surface area contributed by atoms with Crippen molar-refractivity contribution in [2.45, 2.75) is 39.7 Å². The molecule has 0 bridgehead atoms. The lowest BCUT2D eigenvalue weighted by Gasteiger charge is -2.14. The summed E-state index contributed by atoms with van der Waals surface area (Å²) in [4.78, 5) is 9.10. The average molecular weight is 229 g/mol. The summed E-state index contributed by atoms with van der Waals surface area (Å²) in [6.45, 7) is 8.53. The summed E-state index contributed by atoms with van der Waals surface area (Å²) in [6.07, 6.45) is 1.82. The third-order valence-corrected chi connectivity index (χ3v) is 2.64. The van der Waals surface area contributed by atoms with E-state index >= 15 is 0 Å². The summed E-state index contributed by atoms with van der Waals surface area (Å²) in [5.74, 6) is 1.35. The molecule has 0 radical (unpaired) electrons. The van der Waals surface area contributed by atoms with Gasteiger partial charge in [0.05, 0.1) is 5.52 Å². The van der Waals surface area contributed by atoms with Gasteiger partial charge in [-0.2, -0.15) is 0 Å². The van der Waals surface area contributed by atoms with Gasteiger partial charge in [-0.3, -0.25) is 4.98 Å². The molecule has 0 saturated heterocycles. The maximum Gasteiger partial charge on any atom is 0.135 e. The Morgan fingerprint density at radius 1 is 1.18 bits per heavy atom. The van der Waals surface area contributed by atoms with E-state index in [0.717, 1.165) is 22.4 Å². The lowest BCUT2D eigenvalue weighted by atomic mass is 10.1. The minimum atomic E-state index is 0.369. The quantitative estimate of drug-likeness (QED) is 0.874. The predicted molar refractivity (Wildman–Crippen MR) is 72.4 cm³/mol. The monoisotopic (exact) mass is 229 g/mol. The van der Waals surface area contributed by atoms with Crippen molar-refractivity contribution in [1.29, 1.82) is 0 Å². The van der Waals surface area contributed by atoms with Gasteiger partial charge in [-0.05, 0) is 38.0 Å². The molecular formula is C14H19N3. The highest BCUT2D eigenvalue weighted by atomic mass is 15.0. The number of pyridine rings is 2. The van der Waals surface area contributed by atoms with Gasteiger partial charge in [-0.25, -0.2) is 4.98 Å². The largest absolute Gasteiger partial charge is 0.367 e. The molecule has 0 spiro atoms. The van der Waals surface area contributed by atoms with Crippen LogP contribution in [0.3, 0.4) is 0 Å². The van der Waals surface area contributed by atoms with Crippen molar-refractivity contribution < 1.29 is 0 Å². The van der Waals surface area contributed by atoms with Crippen LogP contribution in [0, 0.1) is 0 Å². The Labute approximate surface area is 102 Å². The first kappa shape index (κ1) is 11.8. The van der Waals surface area contributed by atoms with Crippen LogP contribution < -0.4 is 5.32 Å². The number of anilines is 1. The number of fused-ring (bicyclic) bond motifs is 1. The Morgan fingerprint density at radius 2 is 1.94 bits per heavy atom. The zero-order chi connectivity index (χ0) is 12.4. The van der Waals surface area contributed by atoms with Gasteiger partial charge in [0, 0.05) is 23.3 Å². The summed E-state index contributed by atoms with van der Waals surface area (Å²) >= 11 is 0. The number of aromatic nitrogens is 2. The summed E-state index contributed by atoms with van der Waals surface area (Å²) in [5, 5.41) is 4.48. The van der Waals surface area contributed by atoms with Gasteiger partial charge in [0.25, 0.3) is 0 Å². The molecule has 90 valence electrons. The van der Waals surface area contributed by atoms with Crippen molar-refractivity contribution in [3.8, 4) is 0 Å². The molecule has 17 heavy (non-hydrogen) atoms. The second-order valence-corrected chi connectivity index (χ2v) is 4.92. The third-order valence-electron chi connectivity index (χ3n) is 2.64. The van der Waals surface area contributed by atoms with E-state index in [-0.39, 0.29) is 0 Å². The van der Waals surface area contributed by atoms with Crippen LogP contribution in [0.15, 0.2) is 24.4 Å². The normalized spacial score (nSPS) is 11.4. The molecule has 0 saturated carbocycles. The van der Waals surface area contributed by atoms with Crippen LogP contribution in [-0.4, -0.2) is 16.0 Å². The third kappa shape index (κ3) is 2.54. The average Bonchev–Trinajstić information content (AvgIpc) is 2.28. The van der Waals surface area contributed by atoms with Crippen molar-refractivity contribution >= 4 is 16.7 Å². The van der Waals surface area contributed by atoms with E-state index in [1.165, 1.54) is 0 Å². The van der Waals surface area contributed by atoms with Crippen molar-refractivity contribution in [3.05, 3.63) is 30.1 Å². The Kier molecular flexibility index (Phi) is 3.27. The van der Waals surface area contributed by atoms with Crippen molar-refractivity contribution in [2.75, 3.05) is 5.32 Å². The van der Waals surface area contributed by atoms with E-state index in [9.17, 15) is 0 Å². The minimum absolute atomic E-state index is 0.369. The molecule has 2 rings (SSSR count). The Morgan fingerprint density at radius 3 is 2.59 bits per heavy atom. The molecule has 2 aromatic rings. The molecule has 0 atom stereocenters. The number of hydrogen-bond donors (Lipinski definition) is 1. The molecule has 0 aliphatic rings. The standard InChI is InChI=1S/C14H19N3/c1-9(2)12-8-13-11(6-5-7-15-13)14(17-12)16-10(3)4/h5-10H,1-4H3,(H,16,17). The second-order valence-electron chi connectivity index (χ2n) is 4.92. The van der Waals surface area contributed by atoms with Gasteiger partial charge < -0.3 is 5.32 Å². The van der Waals surface area contributed by atoms with Gasteiger partial charge in [0.2, 0.25) is 0 Å². The summed E-state index contributed by atoms with van der Waals surface area (Å²) in [7, 11) is 0. The molecule has 1 N–H and O–H groups in total. The summed E-state index contributed by atoms with van der Waals surface area (Å²) in [6, 6.07) is 6.45. The van der Waals surface area contributed by atoms with Crippen LogP contribution in [-0.2, 0) is 0 Å². The first-order chi connectivity index (χ1) is 8.08. The van der Waals surface area contributed by atoms with E-state index < -0.39 is 0 Å². The fourth-order valence-corrected chi connectivity index (χ4v) is 1.77. The topological polar surface area (TPSA) is 37.8 Å². The van der Waals surface area contributed by atoms with Gasteiger partial charge in [0.15, 0.2) is 0 Å². The number of hydrogen-bond acceptors (Lipinski definition) is 3. The summed E-state index contributed by atoms with van der Waals surface area (Å²) < 4.78 is 0. The molecule has 0 aliphatic carbocycles. The van der Waals surface area contributed by atoms with Crippen LogP contribution in [0.25, 0.3) is 10.9 Å². The van der Waals surface area contributed by atoms with E-state index in [1.54, 1.807) is 0 Å². The van der Waals surface area contributed by atoms with Gasteiger partial charge in [-0.1, -0.05) is 13.8 Å². The maximum atomic E-state index is 4.69. The molecular weight excluding hydrogens is 210 g/mol. The Hall–Kier alpha value is -1.64. The number of nitrogens with zero attached hydrogens (tertiary/aromatic N) is 2. The Balaban J connectivity index is 2.60. The molecule has 0 aromatic carbocycles. The second kappa shape index (κ2) is 4.70. The molecule has 0 aliphatic heterocycles. The zero-order valence-electron chi connectivity index (χ0n) is 10.9. The van der Waals surface area contributed by atoms with E-state index in [2.05, 4.69) is 55.1 Å². The van der Waals surface area contributed by atoms with Crippen LogP contribution >= 0.6 is 0 Å². The highest BCUT2D eigenvalue weighted by Crippen LogP contribution is 2.24. The van der Waals surface area contributed by atoms with E-state index in [4.69, 9.17) is 0 Å². The molecule has 0 unspecified atom stereocenters. The minimum Gasteiger partial charge on any atom is -0.367 e. The summed E-state index contributed by atoms with van der Waals surface area (Å²) in [5.41, 5.74) is 2.09. The van der Waals surface area contributed by atoms with Gasteiger partial charge in [-0.15, -0.1) is 0 Å². The lowest BCUT2D eigenvalue weighted by molar-refractivity contribution is 0.818. The first-order valence-corrected chi connectivity index (χ1v) is 6.10. The van der Waals surface area contributed by atoms with E-state index in [0.29, 0.717) is 12.0 Å². The van der Waals surface area contributed by atoms with Crippen molar-refractivity contribution in [1.82, 2.24) is 9.97 Å². The molecule has 0 amide bonds. The lowest BCUT2D eigenvalue weighted by Crippen LogP contribution is -2.12. The molecule has 2 heterocycles. The fourth-order valence-electron chi connectivity index (χ4n) is 1.77. The fraction of sp³-hybridized carbons (Fsp3) is 0.429. The maximum absolute atomic E-state index is 4.69. The van der Waals surface area contributed by atoms with Crippen LogP contribution in [0.1, 0.15) is 39.3 Å². The van der Waals surface area contributed by atoms with Gasteiger partial charge >= 0.3 is 0 Å². The smallest absolute Gasteiger partial charge is 0.135 e. The highest BCUT2D eigenvalue weighted by molar-refractivity contribution is 5.89. The van der Waals surface area contributed by atoms with Gasteiger partial charge in [0.1, 0.15) is 5.82 Å². The van der Waals surface area contributed by atoms with E-state index in [1.807, 2.05) is 12.3 Å². The zero-order valence-corrected chi connectivity index (χ0v) is 10.9. The number of nitrogens with one attached hydrogen (secondary N) is 1. The molecule has 3 heteroatoms. The SMILES string of the molecule is CC(C)Nc1nc(C(C)C)cc2ncccc12. The van der Waals surface area contributed by atoms with Crippen molar-refractivity contribution in [2.24, 2.45) is 0 Å².